The molecule has 62 heavy (non-hydrogen) atoms. The van der Waals surface area contributed by atoms with Gasteiger partial charge in [0.25, 0.3) is 0 Å². The van der Waals surface area contributed by atoms with Crippen LogP contribution >= 0.6 is 0 Å². The highest BCUT2D eigenvalue weighted by atomic mass is 16.3. The van der Waals surface area contributed by atoms with Crippen molar-refractivity contribution in [3.63, 3.8) is 0 Å². The van der Waals surface area contributed by atoms with Crippen LogP contribution in [0, 0.1) is 0 Å². The van der Waals surface area contributed by atoms with Crippen LogP contribution in [-0.2, 0) is 0 Å². The van der Waals surface area contributed by atoms with Crippen molar-refractivity contribution in [1.29, 1.82) is 0 Å². The molecule has 0 aliphatic heterocycles. The van der Waals surface area contributed by atoms with Crippen molar-refractivity contribution in [2.45, 2.75) is 0 Å². The Balaban J connectivity index is 1.01. The molecule has 0 aliphatic carbocycles. The van der Waals surface area contributed by atoms with E-state index in [1.807, 2.05) is 24.3 Å². The van der Waals surface area contributed by atoms with E-state index in [9.17, 15) is 0 Å². The fourth-order valence-electron chi connectivity index (χ4n) is 8.80. The number of furan rings is 1. The quantitative estimate of drug-likeness (QED) is 0.161. The van der Waals surface area contributed by atoms with Crippen molar-refractivity contribution in [2.75, 3.05) is 0 Å². The van der Waals surface area contributed by atoms with Crippen molar-refractivity contribution in [2.24, 2.45) is 0 Å². The van der Waals surface area contributed by atoms with Gasteiger partial charge in [-0.15, -0.1) is 0 Å². The smallest absolute Gasteiger partial charge is 0.164 e. The first-order valence-electron chi connectivity index (χ1n) is 20.8. The summed E-state index contributed by atoms with van der Waals surface area (Å²) >= 11 is 0. The molecule has 0 aliphatic rings. The highest BCUT2D eigenvalue weighted by molar-refractivity contribution is 6.21. The highest BCUT2D eigenvalue weighted by Crippen LogP contribution is 2.41. The second-order valence-corrected chi connectivity index (χ2v) is 15.6. The van der Waals surface area contributed by atoms with E-state index in [1.54, 1.807) is 0 Å². The molecular weight excluding hydrogens is 757 g/mol. The summed E-state index contributed by atoms with van der Waals surface area (Å²) in [7, 11) is 0. The van der Waals surface area contributed by atoms with Crippen molar-refractivity contribution in [1.82, 2.24) is 19.5 Å². The monoisotopic (exact) mass is 792 g/mol. The summed E-state index contributed by atoms with van der Waals surface area (Å²) in [5, 5.41) is 4.34. The average molecular weight is 793 g/mol. The lowest BCUT2D eigenvalue weighted by atomic mass is 10.0. The van der Waals surface area contributed by atoms with E-state index in [-0.39, 0.29) is 0 Å². The molecule has 0 unspecified atom stereocenters. The lowest BCUT2D eigenvalue weighted by Gasteiger charge is -2.10. The average Bonchev–Trinajstić information content (AvgIpc) is 3.90. The van der Waals surface area contributed by atoms with E-state index in [1.165, 1.54) is 16.5 Å². The molecule has 0 saturated carbocycles. The fraction of sp³-hybridized carbons (Fsp3) is 0. The maximum Gasteiger partial charge on any atom is 0.164 e. The first kappa shape index (κ1) is 35.5. The van der Waals surface area contributed by atoms with E-state index < -0.39 is 0 Å². The minimum absolute atomic E-state index is 0.590. The molecule has 12 rings (SSSR count). The highest BCUT2D eigenvalue weighted by Gasteiger charge is 2.21. The molecule has 0 N–H and O–H groups in total. The lowest BCUT2D eigenvalue weighted by Crippen LogP contribution is -2.00. The molecule has 0 amide bonds. The molecule has 0 bridgehead atoms. The molecule has 0 atom stereocenters. The van der Waals surface area contributed by atoms with Gasteiger partial charge in [-0.3, -0.25) is 0 Å². The number of rotatable bonds is 7. The zero-order valence-corrected chi connectivity index (χ0v) is 33.5. The predicted octanol–water partition coefficient (Wildman–Crippen LogP) is 14.9. The van der Waals surface area contributed by atoms with Crippen molar-refractivity contribution < 1.29 is 4.42 Å². The molecule has 9 aromatic carbocycles. The molecule has 0 fully saturated rings. The first-order valence-corrected chi connectivity index (χ1v) is 20.8. The number of nitrogens with zero attached hydrogens (tertiary/aromatic N) is 4. The fourth-order valence-corrected chi connectivity index (χ4v) is 8.80. The van der Waals surface area contributed by atoms with Gasteiger partial charge in [-0.2, -0.15) is 0 Å². The van der Waals surface area contributed by atoms with Crippen LogP contribution in [0.15, 0.2) is 223 Å². The Hall–Kier alpha value is -8.41. The Morgan fingerprint density at radius 1 is 0.306 bits per heavy atom. The zero-order valence-electron chi connectivity index (χ0n) is 33.5. The van der Waals surface area contributed by atoms with Gasteiger partial charge in [-0.25, -0.2) is 15.0 Å². The van der Waals surface area contributed by atoms with Crippen molar-refractivity contribution >= 4 is 43.7 Å². The third-order valence-corrected chi connectivity index (χ3v) is 11.9. The minimum Gasteiger partial charge on any atom is -0.454 e. The van der Waals surface area contributed by atoms with Gasteiger partial charge in [0.15, 0.2) is 23.1 Å². The van der Waals surface area contributed by atoms with Crippen LogP contribution in [-0.4, -0.2) is 19.5 Å². The van der Waals surface area contributed by atoms with E-state index in [0.717, 1.165) is 83.0 Å². The number of fused-ring (bicyclic) bond motifs is 7. The van der Waals surface area contributed by atoms with Crippen LogP contribution in [0.1, 0.15) is 0 Å². The molecule has 290 valence electrons. The van der Waals surface area contributed by atoms with Crippen LogP contribution in [0.3, 0.4) is 0 Å². The van der Waals surface area contributed by atoms with Crippen LogP contribution in [0.25, 0.3) is 117 Å². The van der Waals surface area contributed by atoms with Gasteiger partial charge < -0.3 is 8.98 Å². The van der Waals surface area contributed by atoms with Gasteiger partial charge in [0, 0.05) is 43.9 Å². The molecule has 0 saturated heterocycles. The van der Waals surface area contributed by atoms with Crippen LogP contribution in [0.5, 0.6) is 0 Å². The van der Waals surface area contributed by atoms with Gasteiger partial charge in [-0.05, 0) is 81.9 Å². The molecule has 3 aromatic heterocycles. The van der Waals surface area contributed by atoms with E-state index in [0.29, 0.717) is 17.5 Å². The Kier molecular flexibility index (Phi) is 8.42. The van der Waals surface area contributed by atoms with Gasteiger partial charge in [0.1, 0.15) is 5.58 Å². The summed E-state index contributed by atoms with van der Waals surface area (Å²) in [6.07, 6.45) is 0. The Morgan fingerprint density at radius 2 is 0.774 bits per heavy atom. The summed E-state index contributed by atoms with van der Waals surface area (Å²) in [6.45, 7) is 0. The summed E-state index contributed by atoms with van der Waals surface area (Å²) in [5.41, 5.74) is 14.5. The van der Waals surface area contributed by atoms with Gasteiger partial charge in [-0.1, -0.05) is 170 Å². The first-order chi connectivity index (χ1) is 30.7. The Labute approximate surface area is 357 Å². The van der Waals surface area contributed by atoms with E-state index in [2.05, 4.69) is 199 Å². The molecule has 5 heteroatoms. The van der Waals surface area contributed by atoms with Crippen molar-refractivity contribution in [3.8, 4) is 73.2 Å². The molecule has 0 spiro atoms. The molecule has 5 nitrogen and oxygen atoms in total. The SMILES string of the molecule is c1ccc(-c2ccc(-c3nc(-c4cccc(-c5ccccc5)c4)nc(-c4ccc5oc6c(ccc7c8ccccc8n(-c8ccc(-c9ccccc9)cc8)c76)c5c4)n3)cc2)cc1. The molecular formula is C57H36N4O. The number of para-hydroxylation sites is 1. The number of hydrogen-bond donors (Lipinski definition) is 0. The maximum absolute atomic E-state index is 6.86. The number of benzene rings is 9. The Bertz CT molecular complexity index is 3590. The molecule has 12 aromatic rings. The number of hydrogen-bond acceptors (Lipinski definition) is 4. The summed E-state index contributed by atoms with van der Waals surface area (Å²) in [5.74, 6) is 1.81. The molecule has 3 heterocycles. The largest absolute Gasteiger partial charge is 0.454 e. The van der Waals surface area contributed by atoms with E-state index in [4.69, 9.17) is 19.4 Å². The topological polar surface area (TPSA) is 56.7 Å². The summed E-state index contributed by atoms with van der Waals surface area (Å²) < 4.78 is 9.19. The van der Waals surface area contributed by atoms with Gasteiger partial charge in [0.2, 0.25) is 0 Å². The second kappa shape index (κ2) is 14.7. The van der Waals surface area contributed by atoms with Crippen LogP contribution < -0.4 is 0 Å². The van der Waals surface area contributed by atoms with Gasteiger partial charge >= 0.3 is 0 Å². The Morgan fingerprint density at radius 3 is 1.44 bits per heavy atom. The standard InChI is InChI=1S/C57H36N4O/c1-4-13-37(14-5-1)40-23-25-42(26-24-40)55-58-56(44-20-12-19-43(35-44)39-17-8-3-9-18-39)60-57(59-55)45-29-34-52-50(36-45)49-33-32-48-47-21-10-11-22-51(47)61(53(48)54(49)62-52)46-30-27-41(28-31-46)38-15-6-2-7-16-38/h1-36H. The van der Waals surface area contributed by atoms with Crippen molar-refractivity contribution in [3.05, 3.63) is 218 Å². The third kappa shape index (κ3) is 6.14. The second-order valence-electron chi connectivity index (χ2n) is 15.6. The maximum atomic E-state index is 6.86. The summed E-state index contributed by atoms with van der Waals surface area (Å²) in [4.78, 5) is 15.4. The normalized spacial score (nSPS) is 11.5. The zero-order chi connectivity index (χ0) is 41.0. The number of aromatic nitrogens is 4. The summed E-state index contributed by atoms with van der Waals surface area (Å²) in [6, 6.07) is 76.2. The lowest BCUT2D eigenvalue weighted by molar-refractivity contribution is 0.671. The minimum atomic E-state index is 0.590. The third-order valence-electron chi connectivity index (χ3n) is 11.9. The molecule has 0 radical (unpaired) electrons. The van der Waals surface area contributed by atoms with E-state index >= 15 is 0 Å². The predicted molar refractivity (Wildman–Crippen MR) is 254 cm³/mol. The van der Waals surface area contributed by atoms with Gasteiger partial charge in [0.05, 0.1) is 11.0 Å². The van der Waals surface area contributed by atoms with Crippen LogP contribution in [0.4, 0.5) is 0 Å². The van der Waals surface area contributed by atoms with Crippen LogP contribution in [0.2, 0.25) is 0 Å².